The Hall–Kier alpha value is -2.36. The van der Waals surface area contributed by atoms with E-state index in [2.05, 4.69) is 0 Å². The van der Waals surface area contributed by atoms with Crippen molar-refractivity contribution in [2.24, 2.45) is 5.73 Å². The number of halogens is 1. The van der Waals surface area contributed by atoms with Crippen molar-refractivity contribution >= 4 is 11.5 Å². The molecular formula is C14H14FN3. The molecule has 0 saturated carbocycles. The third kappa shape index (κ3) is 2.32. The standard InChI is InChI=1S/C14H14FN3/c1-8-4-10(6-11(15)5-8)9-2-3-12(14(17)18)13(16)7-9/h2-7H,16H2,1H3,(H3,17,18). The van der Waals surface area contributed by atoms with Crippen LogP contribution in [0.15, 0.2) is 36.4 Å². The molecule has 0 atom stereocenters. The third-order valence-electron chi connectivity index (χ3n) is 2.72. The smallest absolute Gasteiger partial charge is 0.124 e. The van der Waals surface area contributed by atoms with E-state index in [-0.39, 0.29) is 11.7 Å². The van der Waals surface area contributed by atoms with Crippen molar-refractivity contribution < 1.29 is 4.39 Å². The Kier molecular flexibility index (Phi) is 3.02. The molecule has 2 aromatic rings. The molecule has 5 N–H and O–H groups in total. The van der Waals surface area contributed by atoms with Crippen LogP contribution in [-0.4, -0.2) is 5.84 Å². The fourth-order valence-corrected chi connectivity index (χ4v) is 1.89. The second kappa shape index (κ2) is 4.49. The van der Waals surface area contributed by atoms with Gasteiger partial charge in [-0.1, -0.05) is 12.1 Å². The number of hydrogen-bond donors (Lipinski definition) is 3. The molecule has 0 bridgehead atoms. The van der Waals surface area contributed by atoms with Crippen LogP contribution in [0.3, 0.4) is 0 Å². The van der Waals surface area contributed by atoms with Gasteiger partial charge in [-0.15, -0.1) is 0 Å². The molecule has 2 aromatic carbocycles. The molecule has 4 heteroatoms. The monoisotopic (exact) mass is 243 g/mol. The molecule has 0 radical (unpaired) electrons. The van der Waals surface area contributed by atoms with Crippen LogP contribution in [0.5, 0.6) is 0 Å². The lowest BCUT2D eigenvalue weighted by atomic mass is 10.0. The molecule has 0 unspecified atom stereocenters. The molecule has 0 aromatic heterocycles. The first-order valence-electron chi connectivity index (χ1n) is 5.49. The maximum absolute atomic E-state index is 13.3. The summed E-state index contributed by atoms with van der Waals surface area (Å²) in [6.45, 7) is 1.83. The highest BCUT2D eigenvalue weighted by Crippen LogP contribution is 2.25. The van der Waals surface area contributed by atoms with Crippen molar-refractivity contribution in [3.63, 3.8) is 0 Å². The molecular weight excluding hydrogens is 229 g/mol. The second-order valence-corrected chi connectivity index (χ2v) is 4.23. The zero-order valence-corrected chi connectivity index (χ0v) is 10.00. The number of nitrogen functional groups attached to an aromatic ring is 2. The van der Waals surface area contributed by atoms with Gasteiger partial charge in [0.1, 0.15) is 11.7 Å². The first kappa shape index (κ1) is 12.1. The van der Waals surface area contributed by atoms with Crippen LogP contribution in [0.1, 0.15) is 11.1 Å². The van der Waals surface area contributed by atoms with Gasteiger partial charge in [0.25, 0.3) is 0 Å². The van der Waals surface area contributed by atoms with E-state index in [0.29, 0.717) is 11.3 Å². The van der Waals surface area contributed by atoms with E-state index in [1.54, 1.807) is 18.2 Å². The van der Waals surface area contributed by atoms with Crippen molar-refractivity contribution in [3.8, 4) is 11.1 Å². The average Bonchev–Trinajstić information content (AvgIpc) is 2.26. The highest BCUT2D eigenvalue weighted by Gasteiger charge is 2.06. The van der Waals surface area contributed by atoms with Crippen molar-refractivity contribution in [2.45, 2.75) is 6.92 Å². The number of nitrogens with two attached hydrogens (primary N) is 2. The van der Waals surface area contributed by atoms with E-state index < -0.39 is 0 Å². The van der Waals surface area contributed by atoms with Crippen molar-refractivity contribution in [1.82, 2.24) is 0 Å². The average molecular weight is 243 g/mol. The lowest BCUT2D eigenvalue weighted by Gasteiger charge is -2.08. The van der Waals surface area contributed by atoms with E-state index in [1.807, 2.05) is 13.0 Å². The van der Waals surface area contributed by atoms with Crippen molar-refractivity contribution in [1.29, 1.82) is 5.41 Å². The minimum absolute atomic E-state index is 0.0746. The minimum atomic E-state index is -0.279. The summed E-state index contributed by atoms with van der Waals surface area (Å²) >= 11 is 0. The summed E-state index contributed by atoms with van der Waals surface area (Å²) in [5.74, 6) is -0.353. The molecule has 92 valence electrons. The lowest BCUT2D eigenvalue weighted by Crippen LogP contribution is -2.13. The zero-order valence-electron chi connectivity index (χ0n) is 10.00. The number of anilines is 1. The van der Waals surface area contributed by atoms with Crippen LogP contribution in [0.4, 0.5) is 10.1 Å². The van der Waals surface area contributed by atoms with E-state index in [9.17, 15) is 4.39 Å². The second-order valence-electron chi connectivity index (χ2n) is 4.23. The van der Waals surface area contributed by atoms with Gasteiger partial charge in [-0.2, -0.15) is 0 Å². The number of hydrogen-bond acceptors (Lipinski definition) is 2. The predicted octanol–water partition coefficient (Wildman–Crippen LogP) is 2.67. The van der Waals surface area contributed by atoms with E-state index >= 15 is 0 Å². The van der Waals surface area contributed by atoms with E-state index in [4.69, 9.17) is 16.9 Å². The maximum Gasteiger partial charge on any atom is 0.124 e. The molecule has 0 aliphatic carbocycles. The molecule has 3 nitrogen and oxygen atoms in total. The van der Waals surface area contributed by atoms with Crippen LogP contribution < -0.4 is 11.5 Å². The van der Waals surface area contributed by atoms with Crippen molar-refractivity contribution in [2.75, 3.05) is 5.73 Å². The van der Waals surface area contributed by atoms with E-state index in [1.165, 1.54) is 12.1 Å². The molecule has 0 heterocycles. The quantitative estimate of drug-likeness (QED) is 0.431. The SMILES string of the molecule is Cc1cc(F)cc(-c2ccc(C(=N)N)c(N)c2)c1. The van der Waals surface area contributed by atoms with Gasteiger partial charge in [-0.05, 0) is 47.9 Å². The Morgan fingerprint density at radius 2 is 1.83 bits per heavy atom. The Balaban J connectivity index is 2.52. The Labute approximate surface area is 105 Å². The van der Waals surface area contributed by atoms with Crippen LogP contribution in [0.2, 0.25) is 0 Å². The minimum Gasteiger partial charge on any atom is -0.398 e. The first-order valence-corrected chi connectivity index (χ1v) is 5.49. The van der Waals surface area contributed by atoms with Gasteiger partial charge in [0, 0.05) is 11.3 Å². The number of amidine groups is 1. The van der Waals surface area contributed by atoms with Gasteiger partial charge in [-0.25, -0.2) is 4.39 Å². The summed E-state index contributed by atoms with van der Waals surface area (Å²) in [6, 6.07) is 9.96. The molecule has 0 saturated heterocycles. The highest BCUT2D eigenvalue weighted by atomic mass is 19.1. The molecule has 0 spiro atoms. The predicted molar refractivity (Wildman–Crippen MR) is 72.0 cm³/mol. The normalized spacial score (nSPS) is 10.3. The molecule has 18 heavy (non-hydrogen) atoms. The summed E-state index contributed by atoms with van der Waals surface area (Å²) in [5.41, 5.74) is 14.5. The van der Waals surface area contributed by atoms with Gasteiger partial charge in [0.15, 0.2) is 0 Å². The van der Waals surface area contributed by atoms with Crippen molar-refractivity contribution in [3.05, 3.63) is 53.3 Å². The summed E-state index contributed by atoms with van der Waals surface area (Å²) in [5, 5.41) is 7.36. The van der Waals surface area contributed by atoms with Crippen LogP contribution in [0, 0.1) is 18.2 Å². The van der Waals surface area contributed by atoms with Gasteiger partial charge in [0.2, 0.25) is 0 Å². The largest absolute Gasteiger partial charge is 0.398 e. The number of benzene rings is 2. The molecule has 0 fully saturated rings. The zero-order chi connectivity index (χ0) is 13.3. The number of rotatable bonds is 2. The third-order valence-corrected chi connectivity index (χ3v) is 2.72. The Bertz CT molecular complexity index is 600. The Morgan fingerprint density at radius 1 is 1.11 bits per heavy atom. The molecule has 0 aliphatic rings. The summed E-state index contributed by atoms with van der Waals surface area (Å²) in [4.78, 5) is 0. The van der Waals surface area contributed by atoms with Crippen LogP contribution >= 0.6 is 0 Å². The number of aryl methyl sites for hydroxylation is 1. The van der Waals surface area contributed by atoms with Gasteiger partial charge >= 0.3 is 0 Å². The number of nitrogens with one attached hydrogen (secondary N) is 1. The summed E-state index contributed by atoms with van der Waals surface area (Å²) < 4.78 is 13.3. The molecule has 0 aliphatic heterocycles. The Morgan fingerprint density at radius 3 is 2.39 bits per heavy atom. The summed E-state index contributed by atoms with van der Waals surface area (Å²) in [6.07, 6.45) is 0. The first-order chi connectivity index (χ1) is 8.47. The van der Waals surface area contributed by atoms with Gasteiger partial charge in [-0.3, -0.25) is 5.41 Å². The summed E-state index contributed by atoms with van der Waals surface area (Å²) in [7, 11) is 0. The van der Waals surface area contributed by atoms with Crippen LogP contribution in [0.25, 0.3) is 11.1 Å². The van der Waals surface area contributed by atoms with E-state index in [0.717, 1.165) is 16.7 Å². The fourth-order valence-electron chi connectivity index (χ4n) is 1.89. The molecule has 0 amide bonds. The van der Waals surface area contributed by atoms with Crippen LogP contribution in [-0.2, 0) is 0 Å². The fraction of sp³-hybridized carbons (Fsp3) is 0.0714. The van der Waals surface area contributed by atoms with Gasteiger partial charge < -0.3 is 11.5 Å². The maximum atomic E-state index is 13.3. The van der Waals surface area contributed by atoms with Gasteiger partial charge in [0.05, 0.1) is 0 Å². The lowest BCUT2D eigenvalue weighted by molar-refractivity contribution is 0.627. The highest BCUT2D eigenvalue weighted by molar-refractivity contribution is 6.00. The topological polar surface area (TPSA) is 75.9 Å². The molecule has 2 rings (SSSR count).